The van der Waals surface area contributed by atoms with Crippen molar-refractivity contribution in [2.24, 2.45) is 0 Å². The molecule has 1 heterocycles. The summed E-state index contributed by atoms with van der Waals surface area (Å²) in [4.78, 5) is 11.6. The van der Waals surface area contributed by atoms with Gasteiger partial charge in [-0.15, -0.1) is 0 Å². The summed E-state index contributed by atoms with van der Waals surface area (Å²) in [7, 11) is 1.37. The first kappa shape index (κ1) is 15.6. The fourth-order valence-electron chi connectivity index (χ4n) is 2.68. The molecule has 3 rings (SSSR count). The number of hydrogen-bond donors (Lipinski definition) is 0. The van der Waals surface area contributed by atoms with Gasteiger partial charge in [-0.25, -0.2) is 0 Å². The van der Waals surface area contributed by atoms with Crippen LogP contribution in [0.15, 0.2) is 60.8 Å². The number of nitrogens with zero attached hydrogens (tertiary/aromatic N) is 2. The minimum absolute atomic E-state index is 0.137. The monoisotopic (exact) mass is 316 g/mol. The quantitative estimate of drug-likeness (QED) is 0.542. The van der Waals surface area contributed by atoms with E-state index in [1.54, 1.807) is 0 Å². The zero-order valence-corrected chi connectivity index (χ0v) is 13.3. The molecule has 2 aromatic carbocycles. The molecule has 4 nitrogen and oxygen atoms in total. The molecule has 3 aromatic rings. The number of nitriles is 1. The van der Waals surface area contributed by atoms with E-state index in [4.69, 9.17) is 4.74 Å². The molecule has 0 aliphatic rings. The second-order valence-electron chi connectivity index (χ2n) is 5.34. The number of para-hydroxylation sites is 1. The van der Waals surface area contributed by atoms with Gasteiger partial charge in [-0.1, -0.05) is 48.5 Å². The molecule has 0 unspecified atom stereocenters. The normalized spacial score (nSPS) is 11.2. The van der Waals surface area contributed by atoms with Crippen LogP contribution >= 0.6 is 0 Å². The lowest BCUT2D eigenvalue weighted by Crippen LogP contribution is -2.10. The van der Waals surface area contributed by atoms with Gasteiger partial charge in [0.25, 0.3) is 0 Å². The van der Waals surface area contributed by atoms with Gasteiger partial charge in [0.2, 0.25) is 0 Å². The molecule has 1 aromatic heterocycles. The highest BCUT2D eigenvalue weighted by molar-refractivity contribution is 5.98. The van der Waals surface area contributed by atoms with E-state index in [2.05, 4.69) is 6.07 Å². The Bertz CT molecular complexity index is 947. The van der Waals surface area contributed by atoms with E-state index < -0.39 is 0 Å². The zero-order valence-electron chi connectivity index (χ0n) is 13.3. The van der Waals surface area contributed by atoms with Crippen molar-refractivity contribution in [2.75, 3.05) is 7.11 Å². The summed E-state index contributed by atoms with van der Waals surface area (Å²) < 4.78 is 6.60. The molecule has 0 amide bonds. The Balaban J connectivity index is 2.11. The van der Waals surface area contributed by atoms with E-state index in [0.717, 1.165) is 22.0 Å². The van der Waals surface area contributed by atoms with Gasteiger partial charge in [0.1, 0.15) is 6.54 Å². The lowest BCUT2D eigenvalue weighted by Gasteiger charge is -2.02. The topological polar surface area (TPSA) is 55.0 Å². The smallest absolute Gasteiger partial charge is 0.325 e. The number of allylic oxidation sites excluding steroid dienone is 1. The third-order valence-corrected chi connectivity index (χ3v) is 3.85. The Morgan fingerprint density at radius 3 is 2.58 bits per heavy atom. The molecule has 0 aliphatic heterocycles. The van der Waals surface area contributed by atoms with Crippen LogP contribution in [0.25, 0.3) is 22.6 Å². The van der Waals surface area contributed by atoms with Gasteiger partial charge in [-0.05, 0) is 17.7 Å². The number of hydrogen-bond acceptors (Lipinski definition) is 3. The molecule has 0 saturated heterocycles. The van der Waals surface area contributed by atoms with Gasteiger partial charge < -0.3 is 9.30 Å². The standard InChI is InChI=1S/C20H16N2O2/c1-24-20(23)14-22-13-17(18-9-5-6-10-19(18)22)11-16(12-21)15-7-3-2-4-8-15/h2-11,13H,14H2,1H3/b16-11+. The SMILES string of the molecule is COC(=O)Cn1cc(/C=C(\C#N)c2ccccc2)c2ccccc21. The lowest BCUT2D eigenvalue weighted by atomic mass is 10.0. The fraction of sp³-hybridized carbons (Fsp3) is 0.100. The molecule has 0 saturated carbocycles. The third-order valence-electron chi connectivity index (χ3n) is 3.85. The van der Waals surface area contributed by atoms with E-state index in [-0.39, 0.29) is 12.5 Å². The van der Waals surface area contributed by atoms with Crippen molar-refractivity contribution in [3.63, 3.8) is 0 Å². The number of fused-ring (bicyclic) bond motifs is 1. The van der Waals surface area contributed by atoms with Gasteiger partial charge >= 0.3 is 5.97 Å². The summed E-state index contributed by atoms with van der Waals surface area (Å²) in [5.74, 6) is -0.310. The molecule has 0 radical (unpaired) electrons. The van der Waals surface area contributed by atoms with Gasteiger partial charge in [0.05, 0.1) is 18.8 Å². The van der Waals surface area contributed by atoms with Crippen LogP contribution in [-0.2, 0) is 16.1 Å². The maximum atomic E-state index is 11.6. The average Bonchev–Trinajstić information content (AvgIpc) is 2.98. The Morgan fingerprint density at radius 2 is 1.88 bits per heavy atom. The van der Waals surface area contributed by atoms with Crippen molar-refractivity contribution < 1.29 is 9.53 Å². The van der Waals surface area contributed by atoms with Gasteiger partial charge in [-0.3, -0.25) is 4.79 Å². The van der Waals surface area contributed by atoms with Crippen LogP contribution in [0.1, 0.15) is 11.1 Å². The summed E-state index contributed by atoms with van der Waals surface area (Å²) in [6, 6.07) is 19.6. The molecule has 0 N–H and O–H groups in total. The van der Waals surface area contributed by atoms with E-state index in [1.165, 1.54) is 7.11 Å². The molecule has 0 aliphatic carbocycles. The number of esters is 1. The van der Waals surface area contributed by atoms with Crippen molar-refractivity contribution in [3.8, 4) is 6.07 Å². The molecule has 24 heavy (non-hydrogen) atoms. The molecule has 0 bridgehead atoms. The maximum Gasteiger partial charge on any atom is 0.325 e. The van der Waals surface area contributed by atoms with Crippen LogP contribution in [0.5, 0.6) is 0 Å². The Hall–Kier alpha value is -3.32. The maximum absolute atomic E-state index is 11.6. The fourth-order valence-corrected chi connectivity index (χ4v) is 2.68. The molecule has 4 heteroatoms. The highest BCUT2D eigenvalue weighted by Crippen LogP contribution is 2.26. The molecular weight excluding hydrogens is 300 g/mol. The highest BCUT2D eigenvalue weighted by atomic mass is 16.5. The van der Waals surface area contributed by atoms with Crippen LogP contribution < -0.4 is 0 Å². The van der Waals surface area contributed by atoms with Crippen molar-refractivity contribution in [1.82, 2.24) is 4.57 Å². The summed E-state index contributed by atoms with van der Waals surface area (Å²) in [6.07, 6.45) is 3.73. The molecule has 0 spiro atoms. The minimum atomic E-state index is -0.310. The lowest BCUT2D eigenvalue weighted by molar-refractivity contribution is -0.141. The number of aromatic nitrogens is 1. The largest absolute Gasteiger partial charge is 0.468 e. The van der Waals surface area contributed by atoms with E-state index in [9.17, 15) is 10.1 Å². The second kappa shape index (κ2) is 6.84. The minimum Gasteiger partial charge on any atom is -0.468 e. The van der Waals surface area contributed by atoms with Gasteiger partial charge in [-0.2, -0.15) is 5.26 Å². The van der Waals surface area contributed by atoms with Crippen molar-refractivity contribution >= 4 is 28.5 Å². The summed E-state index contributed by atoms with van der Waals surface area (Å²) in [6.45, 7) is 0.137. The van der Waals surface area contributed by atoms with E-state index in [0.29, 0.717) is 5.57 Å². The molecule has 118 valence electrons. The first-order valence-corrected chi connectivity index (χ1v) is 7.55. The van der Waals surface area contributed by atoms with Crippen LogP contribution in [-0.4, -0.2) is 17.6 Å². The number of carbonyl (C=O) groups is 1. The van der Waals surface area contributed by atoms with Crippen LogP contribution in [0.2, 0.25) is 0 Å². The molecule has 0 atom stereocenters. The van der Waals surface area contributed by atoms with Gasteiger partial charge in [0, 0.05) is 22.7 Å². The number of benzene rings is 2. The molecular formula is C20H16N2O2. The van der Waals surface area contributed by atoms with Crippen LogP contribution in [0.3, 0.4) is 0 Å². The first-order chi connectivity index (χ1) is 11.7. The van der Waals surface area contributed by atoms with Crippen molar-refractivity contribution in [2.45, 2.75) is 6.54 Å². The predicted molar refractivity (Wildman–Crippen MR) is 93.9 cm³/mol. The van der Waals surface area contributed by atoms with Crippen LogP contribution in [0, 0.1) is 11.3 Å². The summed E-state index contributed by atoms with van der Waals surface area (Å²) >= 11 is 0. The molecule has 0 fully saturated rings. The van der Waals surface area contributed by atoms with E-state index >= 15 is 0 Å². The Morgan fingerprint density at radius 1 is 1.17 bits per heavy atom. The number of carbonyl (C=O) groups excluding carboxylic acids is 1. The highest BCUT2D eigenvalue weighted by Gasteiger charge is 2.11. The predicted octanol–water partition coefficient (Wildman–Crippen LogP) is 3.88. The van der Waals surface area contributed by atoms with Gasteiger partial charge in [0.15, 0.2) is 0 Å². The Kier molecular flexibility index (Phi) is 4.44. The van der Waals surface area contributed by atoms with Crippen LogP contribution in [0.4, 0.5) is 0 Å². The van der Waals surface area contributed by atoms with Crippen molar-refractivity contribution in [1.29, 1.82) is 5.26 Å². The summed E-state index contributed by atoms with van der Waals surface area (Å²) in [5, 5.41) is 10.5. The zero-order chi connectivity index (χ0) is 16.9. The first-order valence-electron chi connectivity index (χ1n) is 7.55. The Labute approximate surface area is 140 Å². The number of rotatable bonds is 4. The van der Waals surface area contributed by atoms with Crippen molar-refractivity contribution in [3.05, 3.63) is 71.9 Å². The number of methoxy groups -OCH3 is 1. The van der Waals surface area contributed by atoms with E-state index in [1.807, 2.05) is 71.4 Å². The second-order valence-corrected chi connectivity index (χ2v) is 5.34. The third kappa shape index (κ3) is 3.06. The number of ether oxygens (including phenoxy) is 1. The summed E-state index contributed by atoms with van der Waals surface area (Å²) in [5.41, 5.74) is 3.27. The average molecular weight is 316 g/mol.